The lowest BCUT2D eigenvalue weighted by molar-refractivity contribution is -0.133. The summed E-state index contributed by atoms with van der Waals surface area (Å²) < 4.78 is 0. The summed E-state index contributed by atoms with van der Waals surface area (Å²) in [5.74, 6) is -0.128. The Morgan fingerprint density at radius 1 is 1.28 bits per heavy atom. The summed E-state index contributed by atoms with van der Waals surface area (Å²) >= 11 is 1.75. The van der Waals surface area contributed by atoms with Crippen LogP contribution in [0.15, 0.2) is 29.6 Å². The van der Waals surface area contributed by atoms with Crippen molar-refractivity contribution in [3.8, 4) is 0 Å². The molecular weight excluding hydrogens is 358 g/mol. The molecule has 2 aromatic rings. The molecule has 5 nitrogen and oxygen atoms in total. The second-order valence-electron chi connectivity index (χ2n) is 6.06. The highest BCUT2D eigenvalue weighted by Gasteiger charge is 2.21. The van der Waals surface area contributed by atoms with Gasteiger partial charge in [-0.2, -0.15) is 0 Å². The Kier molecular flexibility index (Phi) is 6.45. The van der Waals surface area contributed by atoms with E-state index < -0.39 is 0 Å². The van der Waals surface area contributed by atoms with Gasteiger partial charge in [-0.3, -0.25) is 9.59 Å². The maximum absolute atomic E-state index is 12.3. The Labute approximate surface area is 157 Å². The van der Waals surface area contributed by atoms with Gasteiger partial charge in [0, 0.05) is 42.2 Å². The molecule has 0 saturated carbocycles. The number of aryl methyl sites for hydroxylation is 1. The Morgan fingerprint density at radius 3 is 2.88 bits per heavy atom. The maximum atomic E-state index is 12.3. The second kappa shape index (κ2) is 8.36. The molecule has 1 aliphatic heterocycles. The van der Waals surface area contributed by atoms with Gasteiger partial charge in [0.05, 0.1) is 0 Å². The molecule has 25 heavy (non-hydrogen) atoms. The lowest BCUT2D eigenvalue weighted by atomic mass is 10.1. The van der Waals surface area contributed by atoms with Gasteiger partial charge in [0.2, 0.25) is 11.8 Å². The van der Waals surface area contributed by atoms with Gasteiger partial charge in [-0.15, -0.1) is 23.7 Å². The molecule has 0 unspecified atom stereocenters. The number of nitrogens with one attached hydrogen (secondary N) is 1. The van der Waals surface area contributed by atoms with Crippen LogP contribution in [0.4, 0.5) is 11.4 Å². The maximum Gasteiger partial charge on any atom is 0.224 e. The molecule has 0 atom stereocenters. The summed E-state index contributed by atoms with van der Waals surface area (Å²) in [6.07, 6.45) is 1.32. The third kappa shape index (κ3) is 4.74. The van der Waals surface area contributed by atoms with Crippen LogP contribution in [-0.2, 0) is 22.6 Å². The van der Waals surface area contributed by atoms with Crippen LogP contribution in [0.2, 0.25) is 0 Å². The van der Waals surface area contributed by atoms with Crippen LogP contribution in [0.3, 0.4) is 0 Å². The molecule has 1 aliphatic rings. The van der Waals surface area contributed by atoms with Crippen LogP contribution in [0.1, 0.15) is 28.8 Å². The zero-order valence-electron chi connectivity index (χ0n) is 14.1. The lowest BCUT2D eigenvalue weighted by Crippen LogP contribution is -2.35. The van der Waals surface area contributed by atoms with Crippen molar-refractivity contribution < 1.29 is 9.59 Å². The zero-order chi connectivity index (χ0) is 17.1. The Bertz CT molecular complexity index is 775. The average Bonchev–Trinajstić information content (AvgIpc) is 3.03. The first-order valence-electron chi connectivity index (χ1n) is 8.02. The van der Waals surface area contributed by atoms with Gasteiger partial charge >= 0.3 is 0 Å². The van der Waals surface area contributed by atoms with Crippen LogP contribution in [0.25, 0.3) is 0 Å². The van der Waals surface area contributed by atoms with Gasteiger partial charge in [0.1, 0.15) is 0 Å². The number of anilines is 2. The normalized spacial score (nSPS) is 12.9. The van der Waals surface area contributed by atoms with Crippen LogP contribution in [0, 0.1) is 6.92 Å². The minimum atomic E-state index is -0.162. The van der Waals surface area contributed by atoms with Gasteiger partial charge in [-0.1, -0.05) is 6.07 Å². The number of halogens is 1. The molecule has 0 saturated heterocycles. The first kappa shape index (κ1) is 19.3. The SMILES string of the molecule is Cc1ccc(N)cc1NC(=O)CCC(=O)N1CCc2sccc2C1.Cl. The Morgan fingerprint density at radius 2 is 2.08 bits per heavy atom. The van der Waals surface area contributed by atoms with Crippen LogP contribution >= 0.6 is 23.7 Å². The molecule has 3 N–H and O–H groups in total. The highest BCUT2D eigenvalue weighted by molar-refractivity contribution is 7.10. The highest BCUT2D eigenvalue weighted by Crippen LogP contribution is 2.24. The Balaban J connectivity index is 0.00000225. The predicted octanol–water partition coefficient (Wildman–Crippen LogP) is 3.36. The van der Waals surface area contributed by atoms with E-state index in [-0.39, 0.29) is 37.1 Å². The molecular formula is C18H22ClN3O2S. The number of amides is 2. The summed E-state index contributed by atoms with van der Waals surface area (Å²) in [5, 5.41) is 4.90. The number of carbonyl (C=O) groups excluding carboxylic acids is 2. The number of fused-ring (bicyclic) bond motifs is 1. The fraction of sp³-hybridized carbons (Fsp3) is 0.333. The highest BCUT2D eigenvalue weighted by atomic mass is 35.5. The number of nitrogen functional groups attached to an aromatic ring is 1. The van der Waals surface area contributed by atoms with Gasteiger partial charge < -0.3 is 16.0 Å². The number of nitrogens with two attached hydrogens (primary N) is 1. The van der Waals surface area contributed by atoms with Crippen molar-refractivity contribution in [3.63, 3.8) is 0 Å². The number of rotatable bonds is 4. The minimum absolute atomic E-state index is 0. The average molecular weight is 380 g/mol. The van der Waals surface area contributed by atoms with E-state index in [1.54, 1.807) is 23.5 Å². The quantitative estimate of drug-likeness (QED) is 0.800. The molecule has 7 heteroatoms. The van der Waals surface area contributed by atoms with E-state index in [4.69, 9.17) is 5.73 Å². The third-order valence-electron chi connectivity index (χ3n) is 4.26. The van der Waals surface area contributed by atoms with Crippen molar-refractivity contribution >= 4 is 46.9 Å². The molecule has 2 amide bonds. The van der Waals surface area contributed by atoms with Gasteiger partial charge in [0.15, 0.2) is 0 Å². The number of hydrogen-bond donors (Lipinski definition) is 2. The topological polar surface area (TPSA) is 75.4 Å². The smallest absolute Gasteiger partial charge is 0.224 e. The summed E-state index contributed by atoms with van der Waals surface area (Å²) in [7, 11) is 0. The monoisotopic (exact) mass is 379 g/mol. The van der Waals surface area contributed by atoms with Crippen molar-refractivity contribution in [2.24, 2.45) is 0 Å². The van der Waals surface area contributed by atoms with Crippen LogP contribution in [0.5, 0.6) is 0 Å². The van der Waals surface area contributed by atoms with Crippen molar-refractivity contribution in [2.45, 2.75) is 32.7 Å². The minimum Gasteiger partial charge on any atom is -0.399 e. The summed E-state index contributed by atoms with van der Waals surface area (Å²) in [5.41, 5.74) is 9.23. The molecule has 0 bridgehead atoms. The molecule has 0 radical (unpaired) electrons. The van der Waals surface area contributed by atoms with E-state index in [1.807, 2.05) is 17.9 Å². The number of carbonyl (C=O) groups is 2. The van der Waals surface area contributed by atoms with Crippen molar-refractivity contribution in [2.75, 3.05) is 17.6 Å². The molecule has 0 fully saturated rings. The molecule has 0 spiro atoms. The van der Waals surface area contributed by atoms with Crippen molar-refractivity contribution in [1.82, 2.24) is 4.90 Å². The van der Waals surface area contributed by atoms with E-state index in [1.165, 1.54) is 10.4 Å². The van der Waals surface area contributed by atoms with Gasteiger partial charge in [-0.05, 0) is 48.1 Å². The molecule has 0 aliphatic carbocycles. The number of thiophene rings is 1. The van der Waals surface area contributed by atoms with E-state index >= 15 is 0 Å². The van der Waals surface area contributed by atoms with E-state index in [2.05, 4.69) is 16.8 Å². The van der Waals surface area contributed by atoms with Crippen molar-refractivity contribution in [1.29, 1.82) is 0 Å². The standard InChI is InChI=1S/C18H21N3O2S.ClH/c1-12-2-3-14(19)10-15(12)20-17(22)4-5-18(23)21-8-6-16-13(11-21)7-9-24-16;/h2-3,7,9-10H,4-6,8,11,19H2,1H3,(H,20,22);1H. The van der Waals surface area contributed by atoms with Crippen LogP contribution < -0.4 is 11.1 Å². The van der Waals surface area contributed by atoms with E-state index in [0.29, 0.717) is 17.9 Å². The van der Waals surface area contributed by atoms with Crippen molar-refractivity contribution in [3.05, 3.63) is 45.6 Å². The van der Waals surface area contributed by atoms with Crippen LogP contribution in [-0.4, -0.2) is 23.3 Å². The summed E-state index contributed by atoms with van der Waals surface area (Å²) in [4.78, 5) is 27.6. The van der Waals surface area contributed by atoms with Gasteiger partial charge in [-0.25, -0.2) is 0 Å². The molecule has 2 heterocycles. The molecule has 134 valence electrons. The largest absolute Gasteiger partial charge is 0.399 e. The summed E-state index contributed by atoms with van der Waals surface area (Å²) in [6.45, 7) is 3.31. The third-order valence-corrected chi connectivity index (χ3v) is 5.29. The van der Waals surface area contributed by atoms with Gasteiger partial charge in [0.25, 0.3) is 0 Å². The molecule has 1 aromatic heterocycles. The zero-order valence-corrected chi connectivity index (χ0v) is 15.7. The first-order chi connectivity index (χ1) is 11.5. The first-order valence-corrected chi connectivity index (χ1v) is 8.90. The molecule has 1 aromatic carbocycles. The fourth-order valence-electron chi connectivity index (χ4n) is 2.83. The number of hydrogen-bond acceptors (Lipinski definition) is 4. The number of nitrogens with zero attached hydrogens (tertiary/aromatic N) is 1. The molecule has 3 rings (SSSR count). The van der Waals surface area contributed by atoms with E-state index in [0.717, 1.165) is 18.5 Å². The lowest BCUT2D eigenvalue weighted by Gasteiger charge is -2.27. The Hall–Kier alpha value is -2.05. The second-order valence-corrected chi connectivity index (χ2v) is 7.06. The van der Waals surface area contributed by atoms with E-state index in [9.17, 15) is 9.59 Å². The number of benzene rings is 1. The fourth-order valence-corrected chi connectivity index (χ4v) is 3.72. The summed E-state index contributed by atoms with van der Waals surface area (Å²) in [6, 6.07) is 7.47. The predicted molar refractivity (Wildman–Crippen MR) is 104 cm³/mol.